The van der Waals surface area contributed by atoms with E-state index < -0.39 is 6.10 Å². The Morgan fingerprint density at radius 3 is 2.65 bits per heavy atom. The van der Waals surface area contributed by atoms with Crippen LogP contribution in [0.25, 0.3) is 10.8 Å². The van der Waals surface area contributed by atoms with Gasteiger partial charge in [-0.1, -0.05) is 36.4 Å². The van der Waals surface area contributed by atoms with E-state index in [1.807, 2.05) is 49.4 Å². The van der Waals surface area contributed by atoms with Crippen LogP contribution < -0.4 is 11.1 Å². The maximum atomic E-state index is 10.8. The number of rotatable bonds is 6. The van der Waals surface area contributed by atoms with Crippen LogP contribution in [0, 0.1) is 0 Å². The van der Waals surface area contributed by atoms with Gasteiger partial charge < -0.3 is 16.2 Å². The van der Waals surface area contributed by atoms with E-state index in [1.54, 1.807) is 0 Å². The van der Waals surface area contributed by atoms with E-state index >= 15 is 0 Å². The number of carbonyl (C=O) groups excluding carboxylic acids is 1. The zero-order valence-electron chi connectivity index (χ0n) is 11.5. The molecule has 0 heterocycles. The number of amides is 1. The van der Waals surface area contributed by atoms with Gasteiger partial charge >= 0.3 is 0 Å². The Labute approximate surface area is 118 Å². The lowest BCUT2D eigenvalue weighted by Gasteiger charge is -2.16. The molecule has 2 atom stereocenters. The summed E-state index contributed by atoms with van der Waals surface area (Å²) in [7, 11) is 0. The third-order valence-electron chi connectivity index (χ3n) is 3.33. The van der Waals surface area contributed by atoms with Gasteiger partial charge in [-0.15, -0.1) is 0 Å². The number of nitrogens with one attached hydrogen (secondary N) is 1. The summed E-state index contributed by atoms with van der Waals surface area (Å²) >= 11 is 0. The molecule has 2 rings (SSSR count). The minimum atomic E-state index is -0.602. The van der Waals surface area contributed by atoms with E-state index in [0.717, 1.165) is 16.3 Å². The summed E-state index contributed by atoms with van der Waals surface area (Å²) in [4.78, 5) is 10.8. The molecule has 4 heteroatoms. The zero-order valence-corrected chi connectivity index (χ0v) is 11.5. The normalized spacial score (nSPS) is 14.1. The van der Waals surface area contributed by atoms with Crippen LogP contribution in [-0.4, -0.2) is 23.6 Å². The molecule has 1 amide bonds. The molecule has 4 nitrogen and oxygen atoms in total. The van der Waals surface area contributed by atoms with E-state index in [1.165, 1.54) is 0 Å². The predicted molar refractivity (Wildman–Crippen MR) is 80.2 cm³/mol. The molecule has 20 heavy (non-hydrogen) atoms. The Bertz CT molecular complexity index is 598. The van der Waals surface area contributed by atoms with Crippen molar-refractivity contribution in [2.75, 3.05) is 6.54 Å². The summed E-state index contributed by atoms with van der Waals surface area (Å²) in [6.45, 7) is 2.27. The second-order valence-electron chi connectivity index (χ2n) is 5.10. The van der Waals surface area contributed by atoms with E-state index in [2.05, 4.69) is 5.32 Å². The van der Waals surface area contributed by atoms with Crippen LogP contribution in [0.15, 0.2) is 42.5 Å². The number of nitrogens with two attached hydrogens (primary N) is 1. The van der Waals surface area contributed by atoms with E-state index in [-0.39, 0.29) is 18.4 Å². The van der Waals surface area contributed by atoms with Crippen molar-refractivity contribution in [3.05, 3.63) is 48.0 Å². The standard InChI is InChI=1S/C16H20N2O2/c1-11(8-16(17)20)18-10-15(19)14-7-6-12-4-2-3-5-13(12)9-14/h2-7,9,11,15,18-19H,8,10H2,1H3,(H2,17,20). The van der Waals surface area contributed by atoms with Crippen molar-refractivity contribution in [1.29, 1.82) is 0 Å². The molecule has 0 saturated carbocycles. The molecule has 0 radical (unpaired) electrons. The van der Waals surface area contributed by atoms with Crippen molar-refractivity contribution >= 4 is 16.7 Å². The number of hydrogen-bond donors (Lipinski definition) is 3. The maximum Gasteiger partial charge on any atom is 0.218 e. The number of benzene rings is 2. The first-order valence-corrected chi connectivity index (χ1v) is 6.74. The van der Waals surface area contributed by atoms with Crippen LogP contribution in [-0.2, 0) is 4.79 Å². The largest absolute Gasteiger partial charge is 0.387 e. The quantitative estimate of drug-likeness (QED) is 0.749. The molecule has 2 aromatic carbocycles. The van der Waals surface area contributed by atoms with Crippen molar-refractivity contribution in [2.24, 2.45) is 5.73 Å². The van der Waals surface area contributed by atoms with Gasteiger partial charge in [0.2, 0.25) is 5.91 Å². The van der Waals surface area contributed by atoms with E-state index in [9.17, 15) is 9.90 Å². The molecule has 4 N–H and O–H groups in total. The van der Waals surface area contributed by atoms with Crippen LogP contribution in [0.1, 0.15) is 25.0 Å². The highest BCUT2D eigenvalue weighted by Crippen LogP contribution is 2.20. The van der Waals surface area contributed by atoms with Crippen LogP contribution in [0.3, 0.4) is 0 Å². The number of aliphatic hydroxyl groups excluding tert-OH is 1. The minimum Gasteiger partial charge on any atom is -0.387 e. The van der Waals surface area contributed by atoms with E-state index in [0.29, 0.717) is 6.54 Å². The Balaban J connectivity index is 2.00. The van der Waals surface area contributed by atoms with Gasteiger partial charge in [-0.05, 0) is 29.3 Å². The molecular formula is C16H20N2O2. The summed E-state index contributed by atoms with van der Waals surface area (Å²) in [5.41, 5.74) is 6.00. The lowest BCUT2D eigenvalue weighted by molar-refractivity contribution is -0.118. The molecule has 0 aromatic heterocycles. The highest BCUT2D eigenvalue weighted by atomic mass is 16.3. The van der Waals surface area contributed by atoms with Gasteiger partial charge in [0, 0.05) is 19.0 Å². The molecule has 0 aliphatic heterocycles. The van der Waals surface area contributed by atoms with Crippen molar-refractivity contribution in [3.63, 3.8) is 0 Å². The molecular weight excluding hydrogens is 252 g/mol. The smallest absolute Gasteiger partial charge is 0.218 e. The SMILES string of the molecule is CC(CC(N)=O)NCC(O)c1ccc2ccccc2c1. The van der Waals surface area contributed by atoms with Gasteiger partial charge in [0.1, 0.15) is 0 Å². The number of aliphatic hydroxyl groups is 1. The Morgan fingerprint density at radius 2 is 1.95 bits per heavy atom. The third-order valence-corrected chi connectivity index (χ3v) is 3.33. The summed E-state index contributed by atoms with van der Waals surface area (Å²) in [5.74, 6) is -0.342. The van der Waals surface area contributed by atoms with Gasteiger partial charge in [-0.3, -0.25) is 4.79 Å². The predicted octanol–water partition coefficient (Wildman–Crippen LogP) is 1.73. The number of primary amides is 1. The number of carbonyl (C=O) groups is 1. The summed E-state index contributed by atoms with van der Waals surface area (Å²) in [5, 5.41) is 15.6. The minimum absolute atomic E-state index is 0.0393. The van der Waals surface area contributed by atoms with Crippen molar-refractivity contribution in [1.82, 2.24) is 5.32 Å². The fraction of sp³-hybridized carbons (Fsp3) is 0.312. The highest BCUT2D eigenvalue weighted by molar-refractivity contribution is 5.83. The second-order valence-corrected chi connectivity index (χ2v) is 5.10. The first-order valence-electron chi connectivity index (χ1n) is 6.74. The second kappa shape index (κ2) is 6.50. The molecule has 0 spiro atoms. The van der Waals surface area contributed by atoms with Crippen molar-refractivity contribution < 1.29 is 9.90 Å². The zero-order chi connectivity index (χ0) is 14.5. The van der Waals surface area contributed by atoms with E-state index in [4.69, 9.17) is 5.73 Å². The van der Waals surface area contributed by atoms with Crippen LogP contribution >= 0.6 is 0 Å². The number of hydrogen-bond acceptors (Lipinski definition) is 3. The van der Waals surface area contributed by atoms with Crippen molar-refractivity contribution in [3.8, 4) is 0 Å². The Kier molecular flexibility index (Phi) is 4.71. The summed E-state index contributed by atoms with van der Waals surface area (Å²) in [6, 6.07) is 13.9. The molecule has 0 saturated heterocycles. The fourth-order valence-corrected chi connectivity index (χ4v) is 2.22. The van der Waals surface area contributed by atoms with Gasteiger partial charge in [0.15, 0.2) is 0 Å². The molecule has 0 fully saturated rings. The van der Waals surface area contributed by atoms with Gasteiger partial charge in [-0.25, -0.2) is 0 Å². The van der Waals surface area contributed by atoms with Gasteiger partial charge in [0.05, 0.1) is 6.10 Å². The monoisotopic (exact) mass is 272 g/mol. The van der Waals surface area contributed by atoms with Gasteiger partial charge in [0.25, 0.3) is 0 Å². The van der Waals surface area contributed by atoms with Crippen LogP contribution in [0.2, 0.25) is 0 Å². The first-order chi connectivity index (χ1) is 9.56. The molecule has 2 unspecified atom stereocenters. The molecule has 106 valence electrons. The van der Waals surface area contributed by atoms with Gasteiger partial charge in [-0.2, -0.15) is 0 Å². The maximum absolute atomic E-state index is 10.8. The number of fused-ring (bicyclic) bond motifs is 1. The summed E-state index contributed by atoms with van der Waals surface area (Å²) in [6.07, 6.45) is -0.334. The third kappa shape index (κ3) is 3.79. The van der Waals surface area contributed by atoms with Crippen molar-refractivity contribution in [2.45, 2.75) is 25.5 Å². The molecule has 0 aliphatic rings. The Morgan fingerprint density at radius 1 is 1.25 bits per heavy atom. The molecule has 2 aromatic rings. The average Bonchev–Trinajstić information content (AvgIpc) is 2.43. The molecule has 0 aliphatic carbocycles. The lowest BCUT2D eigenvalue weighted by atomic mass is 10.0. The molecule has 0 bridgehead atoms. The average molecular weight is 272 g/mol. The lowest BCUT2D eigenvalue weighted by Crippen LogP contribution is -2.33. The fourth-order valence-electron chi connectivity index (χ4n) is 2.22. The van der Waals surface area contributed by atoms with Crippen LogP contribution in [0.5, 0.6) is 0 Å². The van der Waals surface area contributed by atoms with Crippen LogP contribution in [0.4, 0.5) is 0 Å². The Hall–Kier alpha value is -1.91. The highest BCUT2D eigenvalue weighted by Gasteiger charge is 2.11. The first kappa shape index (κ1) is 14.5. The summed E-state index contributed by atoms with van der Waals surface area (Å²) < 4.78 is 0. The topological polar surface area (TPSA) is 75.4 Å².